The minimum atomic E-state index is -2.53. The average Bonchev–Trinajstić information content (AvgIpc) is 2.14. The van der Waals surface area contributed by atoms with Crippen LogP contribution in [0.15, 0.2) is 29.2 Å². The molecule has 0 aliphatic carbocycles. The number of rotatable bonds is 3. The Morgan fingerprint density at radius 1 is 1.29 bits per heavy atom. The summed E-state index contributed by atoms with van der Waals surface area (Å²) in [5.74, 6) is -2.86. The molecule has 1 rings (SSSR count). The molecule has 2 nitrogen and oxygen atoms in total. The SMILES string of the molecule is CC(C)(C)NC(=O)c1ccccc1SC(F)F. The van der Waals surface area contributed by atoms with Crippen LogP contribution in [0.3, 0.4) is 0 Å². The minimum Gasteiger partial charge on any atom is -0.347 e. The zero-order valence-corrected chi connectivity index (χ0v) is 10.8. The van der Waals surface area contributed by atoms with E-state index in [9.17, 15) is 13.6 Å². The first-order chi connectivity index (χ1) is 7.79. The summed E-state index contributed by atoms with van der Waals surface area (Å²) in [4.78, 5) is 12.2. The number of hydrogen-bond acceptors (Lipinski definition) is 2. The van der Waals surface area contributed by atoms with Gasteiger partial charge in [-0.2, -0.15) is 8.78 Å². The maximum Gasteiger partial charge on any atom is 0.288 e. The Hall–Kier alpha value is -1.10. The van der Waals surface area contributed by atoms with Crippen molar-refractivity contribution in [3.05, 3.63) is 29.8 Å². The van der Waals surface area contributed by atoms with Crippen LogP contribution in [0, 0.1) is 0 Å². The van der Waals surface area contributed by atoms with Crippen LogP contribution in [0.1, 0.15) is 31.1 Å². The van der Waals surface area contributed by atoms with E-state index >= 15 is 0 Å². The van der Waals surface area contributed by atoms with Crippen molar-refractivity contribution in [2.24, 2.45) is 0 Å². The van der Waals surface area contributed by atoms with E-state index < -0.39 is 5.76 Å². The standard InChI is InChI=1S/C12H15F2NOS/c1-12(2,3)15-10(16)8-6-4-5-7-9(8)17-11(13)14/h4-7,11H,1-3H3,(H,15,16). The Bertz CT molecular complexity index is 402. The van der Waals surface area contributed by atoms with Crippen molar-refractivity contribution in [2.75, 3.05) is 0 Å². The highest BCUT2D eigenvalue weighted by Crippen LogP contribution is 2.28. The first-order valence-corrected chi connectivity index (χ1v) is 6.04. The number of carbonyl (C=O) groups is 1. The number of hydrogen-bond donors (Lipinski definition) is 1. The molecular weight excluding hydrogens is 244 g/mol. The normalized spacial score (nSPS) is 11.6. The zero-order valence-electron chi connectivity index (χ0n) is 9.96. The molecule has 1 aromatic rings. The maximum atomic E-state index is 12.3. The van der Waals surface area contributed by atoms with Gasteiger partial charge in [-0.05, 0) is 32.9 Å². The highest BCUT2D eigenvalue weighted by molar-refractivity contribution is 7.99. The number of thioether (sulfide) groups is 1. The molecule has 0 unspecified atom stereocenters. The Balaban J connectivity index is 2.93. The molecule has 0 aliphatic rings. The second kappa shape index (κ2) is 5.49. The van der Waals surface area contributed by atoms with Gasteiger partial charge >= 0.3 is 0 Å². The van der Waals surface area contributed by atoms with E-state index in [0.717, 1.165) is 0 Å². The Morgan fingerprint density at radius 3 is 2.41 bits per heavy atom. The Morgan fingerprint density at radius 2 is 1.88 bits per heavy atom. The van der Waals surface area contributed by atoms with Gasteiger partial charge in [0.1, 0.15) is 0 Å². The van der Waals surface area contributed by atoms with Gasteiger partial charge in [-0.3, -0.25) is 4.79 Å². The van der Waals surface area contributed by atoms with Crippen molar-refractivity contribution < 1.29 is 13.6 Å². The lowest BCUT2D eigenvalue weighted by atomic mass is 10.1. The minimum absolute atomic E-state index is 0.285. The second-order valence-corrected chi connectivity index (χ2v) is 5.61. The number of amides is 1. The van der Waals surface area contributed by atoms with Crippen molar-refractivity contribution in [1.29, 1.82) is 0 Å². The van der Waals surface area contributed by atoms with E-state index in [1.165, 1.54) is 6.07 Å². The van der Waals surface area contributed by atoms with Gasteiger partial charge in [-0.1, -0.05) is 23.9 Å². The van der Waals surface area contributed by atoms with E-state index in [0.29, 0.717) is 16.7 Å². The molecule has 0 saturated heterocycles. The van der Waals surface area contributed by atoms with Crippen LogP contribution in [0.5, 0.6) is 0 Å². The summed E-state index contributed by atoms with van der Waals surface area (Å²) in [5.41, 5.74) is -0.104. The topological polar surface area (TPSA) is 29.1 Å². The number of carbonyl (C=O) groups excluding carboxylic acids is 1. The van der Waals surface area contributed by atoms with Crippen LogP contribution in [-0.4, -0.2) is 17.2 Å². The monoisotopic (exact) mass is 259 g/mol. The van der Waals surface area contributed by atoms with Crippen molar-refractivity contribution in [2.45, 2.75) is 37.0 Å². The third kappa shape index (κ3) is 4.73. The number of nitrogens with one attached hydrogen (secondary N) is 1. The summed E-state index contributed by atoms with van der Waals surface area (Å²) < 4.78 is 24.7. The van der Waals surface area contributed by atoms with E-state index in [4.69, 9.17) is 0 Å². The van der Waals surface area contributed by atoms with Crippen LogP contribution < -0.4 is 5.32 Å². The Labute approximate surface area is 104 Å². The summed E-state index contributed by atoms with van der Waals surface area (Å²) in [5, 5.41) is 2.75. The van der Waals surface area contributed by atoms with Crippen molar-refractivity contribution in [3.8, 4) is 0 Å². The van der Waals surface area contributed by atoms with Gasteiger partial charge in [0, 0.05) is 10.4 Å². The van der Waals surface area contributed by atoms with Crippen molar-refractivity contribution in [3.63, 3.8) is 0 Å². The highest BCUT2D eigenvalue weighted by atomic mass is 32.2. The summed E-state index contributed by atoms with van der Waals surface area (Å²) in [6, 6.07) is 6.37. The molecule has 1 amide bonds. The predicted octanol–water partition coefficient (Wildman–Crippen LogP) is 3.53. The van der Waals surface area contributed by atoms with Gasteiger partial charge in [0.2, 0.25) is 0 Å². The smallest absolute Gasteiger partial charge is 0.288 e. The van der Waals surface area contributed by atoms with Crippen LogP contribution in [0.4, 0.5) is 8.78 Å². The molecule has 0 aromatic heterocycles. The van der Waals surface area contributed by atoms with Gasteiger partial charge in [0.15, 0.2) is 0 Å². The van der Waals surface area contributed by atoms with E-state index in [1.54, 1.807) is 18.2 Å². The molecule has 0 aliphatic heterocycles. The van der Waals surface area contributed by atoms with Gasteiger partial charge in [-0.15, -0.1) is 0 Å². The lowest BCUT2D eigenvalue weighted by molar-refractivity contribution is 0.0916. The molecular formula is C12H15F2NOS. The first kappa shape index (κ1) is 14.0. The predicted molar refractivity (Wildman–Crippen MR) is 65.5 cm³/mol. The van der Waals surface area contributed by atoms with Crippen LogP contribution in [0.2, 0.25) is 0 Å². The fraction of sp³-hybridized carbons (Fsp3) is 0.417. The van der Waals surface area contributed by atoms with Gasteiger partial charge in [-0.25, -0.2) is 0 Å². The molecule has 0 spiro atoms. The van der Waals surface area contributed by atoms with Gasteiger partial charge in [0.05, 0.1) is 5.56 Å². The number of alkyl halides is 2. The van der Waals surface area contributed by atoms with E-state index in [1.807, 2.05) is 20.8 Å². The fourth-order valence-corrected chi connectivity index (χ4v) is 1.90. The van der Waals surface area contributed by atoms with Crippen LogP contribution in [0.25, 0.3) is 0 Å². The second-order valence-electron chi connectivity index (χ2n) is 4.58. The molecule has 0 heterocycles. The number of benzene rings is 1. The van der Waals surface area contributed by atoms with Crippen LogP contribution in [-0.2, 0) is 0 Å². The largest absolute Gasteiger partial charge is 0.347 e. The molecule has 0 fully saturated rings. The molecule has 1 N–H and O–H groups in total. The summed E-state index contributed by atoms with van der Waals surface area (Å²) in [6.07, 6.45) is 0. The quantitative estimate of drug-likeness (QED) is 0.841. The van der Waals surface area contributed by atoms with E-state index in [-0.39, 0.29) is 17.0 Å². The third-order valence-electron chi connectivity index (χ3n) is 1.84. The van der Waals surface area contributed by atoms with E-state index in [2.05, 4.69) is 5.32 Å². The first-order valence-electron chi connectivity index (χ1n) is 5.16. The zero-order chi connectivity index (χ0) is 13.1. The molecule has 1 aromatic carbocycles. The maximum absolute atomic E-state index is 12.3. The van der Waals surface area contributed by atoms with Gasteiger partial charge in [0.25, 0.3) is 11.7 Å². The lowest BCUT2D eigenvalue weighted by Gasteiger charge is -2.21. The van der Waals surface area contributed by atoms with Gasteiger partial charge < -0.3 is 5.32 Å². The summed E-state index contributed by atoms with van der Waals surface area (Å²) in [7, 11) is 0. The number of halogens is 2. The summed E-state index contributed by atoms with van der Waals surface area (Å²) in [6.45, 7) is 5.52. The van der Waals surface area contributed by atoms with Crippen molar-refractivity contribution >= 4 is 17.7 Å². The highest BCUT2D eigenvalue weighted by Gasteiger charge is 2.19. The van der Waals surface area contributed by atoms with Crippen LogP contribution >= 0.6 is 11.8 Å². The Kier molecular flexibility index (Phi) is 4.51. The molecule has 0 saturated carbocycles. The summed E-state index contributed by atoms with van der Waals surface area (Å²) >= 11 is 0.385. The molecule has 0 radical (unpaired) electrons. The molecule has 0 bridgehead atoms. The molecule has 5 heteroatoms. The van der Waals surface area contributed by atoms with Crippen molar-refractivity contribution in [1.82, 2.24) is 5.32 Å². The average molecular weight is 259 g/mol. The molecule has 94 valence electrons. The fourth-order valence-electron chi connectivity index (χ4n) is 1.26. The molecule has 17 heavy (non-hydrogen) atoms. The third-order valence-corrected chi connectivity index (χ3v) is 2.62. The molecule has 0 atom stereocenters. The lowest BCUT2D eigenvalue weighted by Crippen LogP contribution is -2.40.